The molecular weight excluding hydrogens is 226 g/mol. The van der Waals surface area contributed by atoms with Crippen LogP contribution in [0.25, 0.3) is 0 Å². The molecule has 0 saturated carbocycles. The monoisotopic (exact) mass is 243 g/mol. The Morgan fingerprint density at radius 1 is 0.889 bits per heavy atom. The number of hydrogen-bond acceptors (Lipinski definition) is 3. The van der Waals surface area contributed by atoms with Gasteiger partial charge in [0.25, 0.3) is 0 Å². The molecule has 0 spiro atoms. The van der Waals surface area contributed by atoms with Gasteiger partial charge in [0.2, 0.25) is 0 Å². The van der Waals surface area contributed by atoms with Gasteiger partial charge in [0.15, 0.2) is 0 Å². The van der Waals surface area contributed by atoms with Gasteiger partial charge >= 0.3 is 0 Å². The first-order valence-electron chi connectivity index (χ1n) is 5.82. The minimum Gasteiger partial charge on any atom is -0.497 e. The predicted octanol–water partition coefficient (Wildman–Crippen LogP) is 3.32. The van der Waals surface area contributed by atoms with Crippen molar-refractivity contribution in [3.8, 4) is 11.5 Å². The number of nitrogens with one attached hydrogen (secondary N) is 1. The lowest BCUT2D eigenvalue weighted by Crippen LogP contribution is -2.00. The van der Waals surface area contributed by atoms with E-state index in [2.05, 4.69) is 5.32 Å². The summed E-state index contributed by atoms with van der Waals surface area (Å²) in [5.41, 5.74) is 2.22. The van der Waals surface area contributed by atoms with Gasteiger partial charge in [0.05, 0.1) is 14.2 Å². The standard InChI is InChI=1S/C15H17NO2/c1-17-14-8-12(9-15(10-14)18-2)11-16-13-6-4-3-5-7-13/h3-10,16H,11H2,1-2H3. The maximum Gasteiger partial charge on any atom is 0.122 e. The Labute approximate surface area is 107 Å². The smallest absolute Gasteiger partial charge is 0.122 e. The number of rotatable bonds is 5. The van der Waals surface area contributed by atoms with Gasteiger partial charge in [-0.2, -0.15) is 0 Å². The highest BCUT2D eigenvalue weighted by Gasteiger charge is 2.01. The quantitative estimate of drug-likeness (QED) is 0.873. The lowest BCUT2D eigenvalue weighted by Gasteiger charge is -2.10. The lowest BCUT2D eigenvalue weighted by atomic mass is 10.2. The van der Waals surface area contributed by atoms with Crippen molar-refractivity contribution in [3.05, 3.63) is 54.1 Å². The summed E-state index contributed by atoms with van der Waals surface area (Å²) in [5.74, 6) is 1.61. The Bertz CT molecular complexity index is 475. The summed E-state index contributed by atoms with van der Waals surface area (Å²) >= 11 is 0. The van der Waals surface area contributed by atoms with E-state index in [1.165, 1.54) is 0 Å². The van der Waals surface area contributed by atoms with Crippen LogP contribution in [0, 0.1) is 0 Å². The Morgan fingerprint density at radius 2 is 1.50 bits per heavy atom. The normalized spacial score (nSPS) is 9.89. The molecule has 0 aromatic heterocycles. The van der Waals surface area contributed by atoms with E-state index in [0.29, 0.717) is 0 Å². The van der Waals surface area contributed by atoms with Crippen LogP contribution in [0.3, 0.4) is 0 Å². The number of hydrogen-bond donors (Lipinski definition) is 1. The van der Waals surface area contributed by atoms with E-state index in [1.54, 1.807) is 14.2 Å². The van der Waals surface area contributed by atoms with E-state index in [9.17, 15) is 0 Å². The van der Waals surface area contributed by atoms with E-state index >= 15 is 0 Å². The number of para-hydroxylation sites is 1. The average Bonchev–Trinajstić information content (AvgIpc) is 2.45. The second-order valence-electron chi connectivity index (χ2n) is 3.94. The van der Waals surface area contributed by atoms with Crippen LogP contribution in [0.15, 0.2) is 48.5 Å². The van der Waals surface area contributed by atoms with Crippen molar-refractivity contribution in [1.29, 1.82) is 0 Å². The Kier molecular flexibility index (Phi) is 4.07. The van der Waals surface area contributed by atoms with E-state index in [-0.39, 0.29) is 0 Å². The number of benzene rings is 2. The van der Waals surface area contributed by atoms with Crippen molar-refractivity contribution in [2.75, 3.05) is 19.5 Å². The van der Waals surface area contributed by atoms with Crippen LogP contribution < -0.4 is 14.8 Å². The first-order valence-corrected chi connectivity index (χ1v) is 5.82. The molecule has 3 nitrogen and oxygen atoms in total. The molecule has 0 unspecified atom stereocenters. The molecular formula is C15H17NO2. The van der Waals surface area contributed by atoms with E-state index in [1.807, 2.05) is 48.5 Å². The minimum atomic E-state index is 0.734. The molecule has 94 valence electrons. The van der Waals surface area contributed by atoms with Gasteiger partial charge in [-0.1, -0.05) is 18.2 Å². The highest BCUT2D eigenvalue weighted by molar-refractivity contribution is 5.45. The molecule has 18 heavy (non-hydrogen) atoms. The summed E-state index contributed by atoms with van der Waals surface area (Å²) in [7, 11) is 3.31. The van der Waals surface area contributed by atoms with Crippen molar-refractivity contribution in [2.24, 2.45) is 0 Å². The Balaban J connectivity index is 2.09. The van der Waals surface area contributed by atoms with Crippen molar-refractivity contribution in [1.82, 2.24) is 0 Å². The van der Waals surface area contributed by atoms with Gasteiger partial charge in [-0.25, -0.2) is 0 Å². The molecule has 1 N–H and O–H groups in total. The number of ether oxygens (including phenoxy) is 2. The van der Waals surface area contributed by atoms with Crippen molar-refractivity contribution in [3.63, 3.8) is 0 Å². The number of methoxy groups -OCH3 is 2. The molecule has 3 heteroatoms. The Hall–Kier alpha value is -2.16. The molecule has 0 fully saturated rings. The fraction of sp³-hybridized carbons (Fsp3) is 0.200. The van der Waals surface area contributed by atoms with E-state index < -0.39 is 0 Å². The van der Waals surface area contributed by atoms with Crippen LogP contribution in [-0.4, -0.2) is 14.2 Å². The van der Waals surface area contributed by atoms with Gasteiger partial charge in [0, 0.05) is 18.3 Å². The molecule has 0 heterocycles. The van der Waals surface area contributed by atoms with Crippen LogP contribution in [0.1, 0.15) is 5.56 Å². The maximum atomic E-state index is 5.24. The first-order chi connectivity index (χ1) is 8.81. The summed E-state index contributed by atoms with van der Waals surface area (Å²) in [6.07, 6.45) is 0. The van der Waals surface area contributed by atoms with Gasteiger partial charge in [-0.3, -0.25) is 0 Å². The zero-order valence-electron chi connectivity index (χ0n) is 10.6. The molecule has 2 aromatic carbocycles. The fourth-order valence-electron chi connectivity index (χ4n) is 1.73. The summed E-state index contributed by atoms with van der Waals surface area (Å²) in [6.45, 7) is 0.734. The largest absolute Gasteiger partial charge is 0.497 e. The van der Waals surface area contributed by atoms with Gasteiger partial charge in [0.1, 0.15) is 11.5 Å². The predicted molar refractivity (Wildman–Crippen MR) is 73.3 cm³/mol. The van der Waals surface area contributed by atoms with Crippen LogP contribution in [-0.2, 0) is 6.54 Å². The van der Waals surface area contributed by atoms with Crippen molar-refractivity contribution < 1.29 is 9.47 Å². The van der Waals surface area contributed by atoms with Crippen molar-refractivity contribution in [2.45, 2.75) is 6.54 Å². The third-order valence-corrected chi connectivity index (χ3v) is 2.68. The van der Waals surface area contributed by atoms with Gasteiger partial charge < -0.3 is 14.8 Å². The third-order valence-electron chi connectivity index (χ3n) is 2.68. The van der Waals surface area contributed by atoms with Gasteiger partial charge in [-0.05, 0) is 29.8 Å². The first kappa shape index (κ1) is 12.3. The minimum absolute atomic E-state index is 0.734. The molecule has 0 saturated heterocycles. The number of anilines is 1. The molecule has 0 atom stereocenters. The zero-order valence-corrected chi connectivity index (χ0v) is 10.6. The molecule has 0 amide bonds. The zero-order chi connectivity index (χ0) is 12.8. The topological polar surface area (TPSA) is 30.5 Å². The van der Waals surface area contributed by atoms with Crippen LogP contribution in [0.2, 0.25) is 0 Å². The molecule has 0 radical (unpaired) electrons. The Morgan fingerprint density at radius 3 is 2.06 bits per heavy atom. The summed E-state index contributed by atoms with van der Waals surface area (Å²) in [4.78, 5) is 0. The molecule has 0 bridgehead atoms. The fourth-order valence-corrected chi connectivity index (χ4v) is 1.73. The highest BCUT2D eigenvalue weighted by Crippen LogP contribution is 2.23. The highest BCUT2D eigenvalue weighted by atomic mass is 16.5. The molecule has 2 aromatic rings. The van der Waals surface area contributed by atoms with Crippen molar-refractivity contribution >= 4 is 5.69 Å². The van der Waals surface area contributed by atoms with E-state index in [4.69, 9.17) is 9.47 Å². The summed E-state index contributed by atoms with van der Waals surface area (Å²) < 4.78 is 10.5. The average molecular weight is 243 g/mol. The van der Waals surface area contributed by atoms with Crippen LogP contribution in [0.5, 0.6) is 11.5 Å². The SMILES string of the molecule is COc1cc(CNc2ccccc2)cc(OC)c1. The maximum absolute atomic E-state index is 5.24. The summed E-state index contributed by atoms with van der Waals surface area (Å²) in [6, 6.07) is 16.0. The second kappa shape index (κ2) is 5.96. The molecule has 2 rings (SSSR count). The third kappa shape index (κ3) is 3.17. The van der Waals surface area contributed by atoms with E-state index in [0.717, 1.165) is 29.3 Å². The summed E-state index contributed by atoms with van der Waals surface area (Å²) in [5, 5.41) is 3.35. The van der Waals surface area contributed by atoms with Gasteiger partial charge in [-0.15, -0.1) is 0 Å². The lowest BCUT2D eigenvalue weighted by molar-refractivity contribution is 0.393. The molecule has 0 aliphatic heterocycles. The van der Waals surface area contributed by atoms with Crippen LogP contribution >= 0.6 is 0 Å². The second-order valence-corrected chi connectivity index (χ2v) is 3.94. The van der Waals surface area contributed by atoms with Crippen LogP contribution in [0.4, 0.5) is 5.69 Å². The molecule has 0 aliphatic rings. The molecule has 0 aliphatic carbocycles.